The second kappa shape index (κ2) is 4.54. The van der Waals surface area contributed by atoms with Crippen LogP contribution in [0.4, 0.5) is 5.95 Å². The summed E-state index contributed by atoms with van der Waals surface area (Å²) in [7, 11) is 3.70. The van der Waals surface area contributed by atoms with Gasteiger partial charge in [-0.05, 0) is 24.8 Å². The zero-order valence-corrected chi connectivity index (χ0v) is 11.6. The molecule has 0 aliphatic heterocycles. The Morgan fingerprint density at radius 1 is 1.37 bits per heavy atom. The molecule has 3 heterocycles. The van der Waals surface area contributed by atoms with Gasteiger partial charge in [-0.1, -0.05) is 0 Å². The highest BCUT2D eigenvalue weighted by atomic mass is 32.2. The van der Waals surface area contributed by atoms with Crippen LogP contribution in [-0.2, 0) is 7.05 Å². The van der Waals surface area contributed by atoms with Crippen LogP contribution in [0.25, 0.3) is 11.2 Å². The number of aromatic nitrogens is 6. The molecule has 8 heteroatoms. The number of imidazole rings is 1. The summed E-state index contributed by atoms with van der Waals surface area (Å²) in [5.41, 5.74) is 2.47. The Morgan fingerprint density at radius 3 is 2.89 bits per heavy atom. The first-order chi connectivity index (χ1) is 9.17. The quantitative estimate of drug-likeness (QED) is 0.706. The van der Waals surface area contributed by atoms with E-state index in [1.54, 1.807) is 13.4 Å². The topological polar surface area (TPSA) is 84.3 Å². The minimum absolute atomic E-state index is 0.556. The molecule has 0 unspecified atom stereocenters. The number of anilines is 1. The van der Waals surface area contributed by atoms with Crippen LogP contribution in [0.3, 0.4) is 0 Å². The number of aryl methyl sites for hydroxylation is 2. The van der Waals surface area contributed by atoms with E-state index in [4.69, 9.17) is 0 Å². The average Bonchev–Trinajstić information content (AvgIpc) is 2.96. The van der Waals surface area contributed by atoms with Crippen molar-refractivity contribution in [3.8, 4) is 0 Å². The van der Waals surface area contributed by atoms with Crippen LogP contribution in [0.1, 0.15) is 5.69 Å². The molecule has 0 aliphatic carbocycles. The molecule has 0 bridgehead atoms. The Morgan fingerprint density at radius 2 is 2.21 bits per heavy atom. The molecule has 0 saturated carbocycles. The zero-order chi connectivity index (χ0) is 13.4. The number of nitrogens with zero attached hydrogens (tertiary/aromatic N) is 5. The minimum atomic E-state index is 0.556. The first-order valence-electron chi connectivity index (χ1n) is 5.74. The SMILES string of the molecule is CNc1nc(Sc2cc(C)nn2C)c2[nH]cnc2n1. The molecule has 0 aromatic carbocycles. The van der Waals surface area contributed by atoms with Gasteiger partial charge in [0.15, 0.2) is 5.65 Å². The van der Waals surface area contributed by atoms with Crippen molar-refractivity contribution in [2.75, 3.05) is 12.4 Å². The van der Waals surface area contributed by atoms with Crippen molar-refractivity contribution in [2.24, 2.45) is 7.05 Å². The molecule has 0 saturated heterocycles. The molecule has 0 fully saturated rings. The van der Waals surface area contributed by atoms with Crippen molar-refractivity contribution < 1.29 is 0 Å². The van der Waals surface area contributed by atoms with Gasteiger partial charge in [-0.2, -0.15) is 10.1 Å². The Kier molecular flexibility index (Phi) is 2.86. The van der Waals surface area contributed by atoms with Gasteiger partial charge >= 0.3 is 0 Å². The first-order valence-corrected chi connectivity index (χ1v) is 6.56. The van der Waals surface area contributed by atoms with E-state index in [9.17, 15) is 0 Å². The van der Waals surface area contributed by atoms with E-state index in [1.165, 1.54) is 11.8 Å². The number of nitrogens with one attached hydrogen (secondary N) is 2. The van der Waals surface area contributed by atoms with Gasteiger partial charge in [0.1, 0.15) is 15.6 Å². The van der Waals surface area contributed by atoms with E-state index >= 15 is 0 Å². The summed E-state index contributed by atoms with van der Waals surface area (Å²) in [5.74, 6) is 0.556. The molecule has 2 N–H and O–H groups in total. The fourth-order valence-corrected chi connectivity index (χ4v) is 2.76. The molecule has 0 aliphatic rings. The highest BCUT2D eigenvalue weighted by Gasteiger charge is 2.13. The van der Waals surface area contributed by atoms with Crippen molar-refractivity contribution in [3.63, 3.8) is 0 Å². The van der Waals surface area contributed by atoms with Gasteiger partial charge in [0.2, 0.25) is 5.95 Å². The maximum absolute atomic E-state index is 4.47. The maximum atomic E-state index is 4.47. The standard InChI is InChI=1S/C11H13N7S/c1-6-4-7(18(3)17-6)19-10-8-9(14-5-13-8)15-11(12-2)16-10/h4-5H,1-3H3,(H2,12,13,14,15,16). The van der Waals surface area contributed by atoms with E-state index < -0.39 is 0 Å². The van der Waals surface area contributed by atoms with Gasteiger partial charge in [-0.25, -0.2) is 9.97 Å². The van der Waals surface area contributed by atoms with Gasteiger partial charge in [-0.15, -0.1) is 0 Å². The molecule has 3 aromatic heterocycles. The van der Waals surface area contributed by atoms with E-state index in [0.29, 0.717) is 11.6 Å². The highest BCUT2D eigenvalue weighted by molar-refractivity contribution is 7.99. The molecule has 3 aromatic rings. The lowest BCUT2D eigenvalue weighted by Crippen LogP contribution is -1.99. The monoisotopic (exact) mass is 275 g/mol. The van der Waals surface area contributed by atoms with Crippen molar-refractivity contribution in [1.82, 2.24) is 29.7 Å². The third-order valence-corrected chi connectivity index (χ3v) is 3.72. The normalized spacial score (nSPS) is 11.1. The third kappa shape index (κ3) is 2.14. The molecular formula is C11H13N7S. The molecule has 7 nitrogen and oxygen atoms in total. The summed E-state index contributed by atoms with van der Waals surface area (Å²) in [6.45, 7) is 1.97. The van der Waals surface area contributed by atoms with Crippen LogP contribution in [-0.4, -0.2) is 36.8 Å². The lowest BCUT2D eigenvalue weighted by molar-refractivity contribution is 0.692. The predicted molar refractivity (Wildman–Crippen MR) is 73.3 cm³/mol. The van der Waals surface area contributed by atoms with E-state index in [-0.39, 0.29) is 0 Å². The second-order valence-corrected chi connectivity index (χ2v) is 5.06. The zero-order valence-electron chi connectivity index (χ0n) is 10.8. The van der Waals surface area contributed by atoms with E-state index in [2.05, 4.69) is 30.4 Å². The maximum Gasteiger partial charge on any atom is 0.225 e. The lowest BCUT2D eigenvalue weighted by atomic mass is 10.5. The van der Waals surface area contributed by atoms with Crippen LogP contribution in [0.5, 0.6) is 0 Å². The van der Waals surface area contributed by atoms with Crippen molar-refractivity contribution >= 4 is 28.9 Å². The summed E-state index contributed by atoms with van der Waals surface area (Å²) >= 11 is 1.54. The highest BCUT2D eigenvalue weighted by Crippen LogP contribution is 2.30. The van der Waals surface area contributed by atoms with Crippen molar-refractivity contribution in [2.45, 2.75) is 17.0 Å². The fraction of sp³-hybridized carbons (Fsp3) is 0.273. The number of fused-ring (bicyclic) bond motifs is 1. The van der Waals surface area contributed by atoms with Crippen LogP contribution < -0.4 is 5.32 Å². The summed E-state index contributed by atoms with van der Waals surface area (Å²) < 4.78 is 1.84. The van der Waals surface area contributed by atoms with Gasteiger partial charge in [0.25, 0.3) is 0 Å². The molecule has 0 radical (unpaired) electrons. The molecule has 0 amide bonds. The summed E-state index contributed by atoms with van der Waals surface area (Å²) in [6, 6.07) is 2.02. The molecule has 19 heavy (non-hydrogen) atoms. The number of aromatic amines is 1. The number of hydrogen-bond acceptors (Lipinski definition) is 6. The summed E-state index contributed by atoms with van der Waals surface area (Å²) in [6.07, 6.45) is 1.62. The largest absolute Gasteiger partial charge is 0.357 e. The summed E-state index contributed by atoms with van der Waals surface area (Å²) in [4.78, 5) is 16.0. The Balaban J connectivity index is 2.08. The molecular weight excluding hydrogens is 262 g/mol. The van der Waals surface area contributed by atoms with Gasteiger partial charge in [0, 0.05) is 14.1 Å². The number of H-pyrrole nitrogens is 1. The molecule has 0 atom stereocenters. The predicted octanol–water partition coefficient (Wildman–Crippen LogP) is 1.59. The van der Waals surface area contributed by atoms with Crippen molar-refractivity contribution in [3.05, 3.63) is 18.1 Å². The van der Waals surface area contributed by atoms with E-state index in [1.807, 2.05) is 24.7 Å². The van der Waals surface area contributed by atoms with E-state index in [0.717, 1.165) is 21.3 Å². The summed E-state index contributed by atoms with van der Waals surface area (Å²) in [5, 5.41) is 9.12. The molecule has 3 rings (SSSR count). The first kappa shape index (κ1) is 12.0. The lowest BCUT2D eigenvalue weighted by Gasteiger charge is -2.04. The van der Waals surface area contributed by atoms with Crippen LogP contribution >= 0.6 is 11.8 Å². The van der Waals surface area contributed by atoms with Gasteiger partial charge in [0.05, 0.1) is 12.0 Å². The molecule has 98 valence electrons. The van der Waals surface area contributed by atoms with Gasteiger partial charge in [-0.3, -0.25) is 4.68 Å². The number of hydrogen-bond donors (Lipinski definition) is 2. The Hall–Kier alpha value is -2.09. The third-order valence-electron chi connectivity index (χ3n) is 2.64. The molecule has 0 spiro atoms. The second-order valence-electron chi connectivity index (χ2n) is 4.05. The Bertz CT molecular complexity index is 730. The Labute approximate surface area is 113 Å². The van der Waals surface area contributed by atoms with Gasteiger partial charge < -0.3 is 10.3 Å². The smallest absolute Gasteiger partial charge is 0.225 e. The van der Waals surface area contributed by atoms with Crippen LogP contribution in [0, 0.1) is 6.92 Å². The minimum Gasteiger partial charge on any atom is -0.357 e. The average molecular weight is 275 g/mol. The van der Waals surface area contributed by atoms with Crippen LogP contribution in [0.15, 0.2) is 22.4 Å². The van der Waals surface area contributed by atoms with Crippen LogP contribution in [0.2, 0.25) is 0 Å². The fourth-order valence-electron chi connectivity index (χ4n) is 1.77. The van der Waals surface area contributed by atoms with Crippen molar-refractivity contribution in [1.29, 1.82) is 0 Å². The number of rotatable bonds is 3.